The Morgan fingerprint density at radius 3 is 2.67 bits per heavy atom. The van der Waals surface area contributed by atoms with Crippen molar-refractivity contribution in [2.45, 2.75) is 0 Å². The van der Waals surface area contributed by atoms with E-state index in [2.05, 4.69) is 18.5 Å². The molecule has 2 nitrogen and oxygen atoms in total. The molecule has 0 atom stereocenters. The zero-order valence-corrected chi connectivity index (χ0v) is 5.46. The van der Waals surface area contributed by atoms with E-state index in [4.69, 9.17) is 0 Å². The maximum atomic E-state index is 4.02. The SMILES string of the molecule is [CH2]C(=C)c1nccn1C. The lowest BCUT2D eigenvalue weighted by molar-refractivity contribution is 0.892. The smallest absolute Gasteiger partial charge is 0.134 e. The number of hydrogen-bond donors (Lipinski definition) is 0. The quantitative estimate of drug-likeness (QED) is 0.547. The molecular weight excluding hydrogens is 112 g/mol. The average Bonchev–Trinajstić information content (AvgIpc) is 2.13. The number of hydrogen-bond acceptors (Lipinski definition) is 1. The second-order valence-corrected chi connectivity index (χ2v) is 1.97. The van der Waals surface area contributed by atoms with Crippen molar-refractivity contribution in [3.05, 3.63) is 31.7 Å². The molecule has 1 heterocycles. The lowest BCUT2D eigenvalue weighted by Crippen LogP contribution is -1.92. The lowest BCUT2D eigenvalue weighted by atomic mass is 10.3. The van der Waals surface area contributed by atoms with Gasteiger partial charge in [0.1, 0.15) is 5.82 Å². The van der Waals surface area contributed by atoms with Crippen LogP contribution in [0.5, 0.6) is 0 Å². The number of rotatable bonds is 1. The molecule has 0 aliphatic rings. The van der Waals surface area contributed by atoms with E-state index in [1.807, 2.05) is 17.8 Å². The number of nitrogens with zero attached hydrogens (tertiary/aromatic N) is 2. The summed E-state index contributed by atoms with van der Waals surface area (Å²) in [4.78, 5) is 4.02. The van der Waals surface area contributed by atoms with Crippen molar-refractivity contribution in [3.8, 4) is 0 Å². The highest BCUT2D eigenvalue weighted by atomic mass is 15.0. The zero-order valence-electron chi connectivity index (χ0n) is 5.46. The maximum absolute atomic E-state index is 4.02. The first-order valence-corrected chi connectivity index (χ1v) is 2.70. The standard InChI is InChI=1S/C7H9N2/c1-6(2)7-8-4-5-9(7)3/h4-5H,1-2H2,3H3. The summed E-state index contributed by atoms with van der Waals surface area (Å²) >= 11 is 0. The monoisotopic (exact) mass is 121 g/mol. The maximum Gasteiger partial charge on any atom is 0.134 e. The van der Waals surface area contributed by atoms with Crippen molar-refractivity contribution < 1.29 is 0 Å². The van der Waals surface area contributed by atoms with E-state index in [0.29, 0.717) is 0 Å². The predicted molar refractivity (Wildman–Crippen MR) is 37.6 cm³/mol. The molecule has 1 aromatic rings. The minimum atomic E-state index is 0.752. The van der Waals surface area contributed by atoms with Crippen LogP contribution in [0, 0.1) is 6.92 Å². The van der Waals surface area contributed by atoms with E-state index in [0.717, 1.165) is 11.4 Å². The topological polar surface area (TPSA) is 17.8 Å². The molecule has 1 rings (SSSR count). The van der Waals surface area contributed by atoms with Gasteiger partial charge in [0, 0.05) is 19.4 Å². The van der Waals surface area contributed by atoms with Gasteiger partial charge in [-0.15, -0.1) is 0 Å². The normalized spacial score (nSPS) is 9.56. The Balaban J connectivity index is 3.08. The fraction of sp³-hybridized carbons (Fsp3) is 0.143. The molecule has 0 saturated carbocycles. The van der Waals surface area contributed by atoms with Gasteiger partial charge in [0.2, 0.25) is 0 Å². The Bertz CT molecular complexity index is 223. The molecule has 0 unspecified atom stereocenters. The summed E-state index contributed by atoms with van der Waals surface area (Å²) in [6.45, 7) is 7.33. The predicted octanol–water partition coefficient (Wildman–Crippen LogP) is 1.27. The summed E-state index contributed by atoms with van der Waals surface area (Å²) in [7, 11) is 1.92. The third-order valence-corrected chi connectivity index (χ3v) is 1.14. The zero-order chi connectivity index (χ0) is 6.85. The lowest BCUT2D eigenvalue weighted by Gasteiger charge is -1.96. The highest BCUT2D eigenvalue weighted by Gasteiger charge is 1.95. The number of imidazole rings is 1. The van der Waals surface area contributed by atoms with Crippen molar-refractivity contribution in [1.82, 2.24) is 9.55 Å². The minimum absolute atomic E-state index is 0.752. The van der Waals surface area contributed by atoms with Crippen LogP contribution < -0.4 is 0 Å². The van der Waals surface area contributed by atoms with Gasteiger partial charge in [-0.25, -0.2) is 4.98 Å². The van der Waals surface area contributed by atoms with Gasteiger partial charge < -0.3 is 4.57 Å². The van der Waals surface area contributed by atoms with Crippen LogP contribution in [0.1, 0.15) is 5.82 Å². The third kappa shape index (κ3) is 1.02. The van der Waals surface area contributed by atoms with Crippen molar-refractivity contribution in [3.63, 3.8) is 0 Å². The molecule has 0 saturated heterocycles. The largest absolute Gasteiger partial charge is 0.334 e. The number of allylic oxidation sites excluding steroid dienone is 1. The summed E-state index contributed by atoms with van der Waals surface area (Å²) in [6.07, 6.45) is 3.59. The van der Waals surface area contributed by atoms with E-state index in [1.54, 1.807) is 6.20 Å². The van der Waals surface area contributed by atoms with Crippen molar-refractivity contribution in [2.75, 3.05) is 0 Å². The van der Waals surface area contributed by atoms with Crippen molar-refractivity contribution in [1.29, 1.82) is 0 Å². The minimum Gasteiger partial charge on any atom is -0.334 e. The van der Waals surface area contributed by atoms with Gasteiger partial charge >= 0.3 is 0 Å². The van der Waals surface area contributed by atoms with E-state index in [-0.39, 0.29) is 0 Å². The molecule has 2 heteroatoms. The van der Waals surface area contributed by atoms with E-state index >= 15 is 0 Å². The second-order valence-electron chi connectivity index (χ2n) is 1.97. The Hall–Kier alpha value is -1.05. The molecule has 0 N–H and O–H groups in total. The fourth-order valence-electron chi connectivity index (χ4n) is 0.706. The molecule has 0 amide bonds. The Labute approximate surface area is 54.8 Å². The van der Waals surface area contributed by atoms with Gasteiger partial charge in [-0.3, -0.25) is 0 Å². The summed E-state index contributed by atoms with van der Waals surface area (Å²) < 4.78 is 1.88. The van der Waals surface area contributed by atoms with Gasteiger partial charge in [0.25, 0.3) is 0 Å². The summed E-state index contributed by atoms with van der Waals surface area (Å²) in [5.74, 6) is 0.843. The van der Waals surface area contributed by atoms with E-state index < -0.39 is 0 Å². The van der Waals surface area contributed by atoms with Crippen molar-refractivity contribution >= 4 is 5.57 Å². The van der Waals surface area contributed by atoms with E-state index in [1.165, 1.54) is 0 Å². The highest BCUT2D eigenvalue weighted by Crippen LogP contribution is 2.04. The first-order chi connectivity index (χ1) is 4.22. The van der Waals surface area contributed by atoms with Crippen LogP contribution in [-0.2, 0) is 7.05 Å². The molecule has 9 heavy (non-hydrogen) atoms. The fourth-order valence-corrected chi connectivity index (χ4v) is 0.706. The van der Waals surface area contributed by atoms with Crippen LogP contribution in [-0.4, -0.2) is 9.55 Å². The third-order valence-electron chi connectivity index (χ3n) is 1.14. The molecule has 0 aliphatic heterocycles. The molecule has 47 valence electrons. The van der Waals surface area contributed by atoms with Gasteiger partial charge in [0.05, 0.1) is 0 Å². The van der Waals surface area contributed by atoms with Crippen LogP contribution in [0.3, 0.4) is 0 Å². The molecule has 0 aliphatic carbocycles. The molecule has 0 aromatic carbocycles. The van der Waals surface area contributed by atoms with Crippen LogP contribution in [0.15, 0.2) is 19.0 Å². The van der Waals surface area contributed by atoms with E-state index in [9.17, 15) is 0 Å². The molecule has 0 spiro atoms. The highest BCUT2D eigenvalue weighted by molar-refractivity contribution is 5.60. The Kier molecular flexibility index (Phi) is 1.39. The van der Waals surface area contributed by atoms with Gasteiger partial charge in [-0.2, -0.15) is 0 Å². The average molecular weight is 121 g/mol. The molecule has 1 aromatic heterocycles. The molecule has 0 fully saturated rings. The molecule has 0 bridgehead atoms. The van der Waals surface area contributed by atoms with Crippen LogP contribution in [0.25, 0.3) is 5.57 Å². The van der Waals surface area contributed by atoms with Gasteiger partial charge in [0.15, 0.2) is 0 Å². The molecular formula is C7H9N2. The Morgan fingerprint density at radius 1 is 1.78 bits per heavy atom. The second kappa shape index (κ2) is 2.05. The molecule has 1 radical (unpaired) electrons. The Morgan fingerprint density at radius 2 is 2.44 bits per heavy atom. The summed E-state index contributed by atoms with van der Waals surface area (Å²) in [6, 6.07) is 0. The van der Waals surface area contributed by atoms with Crippen LogP contribution >= 0.6 is 0 Å². The number of aromatic nitrogens is 2. The first-order valence-electron chi connectivity index (χ1n) is 2.70. The summed E-state index contributed by atoms with van der Waals surface area (Å²) in [5, 5.41) is 0. The van der Waals surface area contributed by atoms with Gasteiger partial charge in [-0.1, -0.05) is 6.58 Å². The van der Waals surface area contributed by atoms with Crippen LogP contribution in [0.4, 0.5) is 0 Å². The number of aryl methyl sites for hydroxylation is 1. The first kappa shape index (κ1) is 6.08. The van der Waals surface area contributed by atoms with Gasteiger partial charge in [-0.05, 0) is 12.5 Å². The van der Waals surface area contributed by atoms with Crippen LogP contribution in [0.2, 0.25) is 0 Å². The van der Waals surface area contributed by atoms with Crippen molar-refractivity contribution in [2.24, 2.45) is 7.05 Å². The summed E-state index contributed by atoms with van der Waals surface area (Å²) in [5.41, 5.74) is 0.752.